The fourth-order valence-corrected chi connectivity index (χ4v) is 4.45. The van der Waals surface area contributed by atoms with Crippen LogP contribution in [0.3, 0.4) is 0 Å². The molecule has 0 spiro atoms. The standard InChI is InChI=1S/C20H22N4O4S2/c1-30(25,26)21-10-5-11-29-20-23-22-19(16-6-3-2-4-7-16)24(20)13-15-8-9-17-18(12-15)28-14-27-17/h2-4,6-9,12,21H,5,10-11,13-14H2,1H3. The van der Waals surface area contributed by atoms with Crippen LogP contribution in [0.25, 0.3) is 11.4 Å². The number of benzene rings is 2. The molecule has 8 nitrogen and oxygen atoms in total. The third kappa shape index (κ3) is 5.13. The first-order chi connectivity index (χ1) is 14.5. The van der Waals surface area contributed by atoms with Gasteiger partial charge in [-0.05, 0) is 24.1 Å². The largest absolute Gasteiger partial charge is 0.454 e. The molecule has 0 saturated carbocycles. The van der Waals surface area contributed by atoms with Crippen molar-refractivity contribution in [2.24, 2.45) is 0 Å². The number of ether oxygens (including phenoxy) is 2. The van der Waals surface area contributed by atoms with E-state index < -0.39 is 10.0 Å². The molecular formula is C20H22N4O4S2. The van der Waals surface area contributed by atoms with Gasteiger partial charge >= 0.3 is 0 Å². The Bertz CT molecular complexity index is 1120. The van der Waals surface area contributed by atoms with Crippen LogP contribution in [0.5, 0.6) is 11.5 Å². The lowest BCUT2D eigenvalue weighted by Gasteiger charge is -2.11. The molecule has 1 aliphatic heterocycles. The quantitative estimate of drug-likeness (QED) is 0.399. The Kier molecular flexibility index (Phi) is 6.26. The zero-order valence-electron chi connectivity index (χ0n) is 16.4. The second-order valence-electron chi connectivity index (χ2n) is 6.81. The summed E-state index contributed by atoms with van der Waals surface area (Å²) in [6.45, 7) is 1.22. The lowest BCUT2D eigenvalue weighted by Crippen LogP contribution is -2.23. The topological polar surface area (TPSA) is 95.3 Å². The van der Waals surface area contributed by atoms with Crippen LogP contribution in [-0.4, -0.2) is 48.5 Å². The number of sulfonamides is 1. The van der Waals surface area contributed by atoms with Crippen molar-refractivity contribution >= 4 is 21.8 Å². The van der Waals surface area contributed by atoms with Gasteiger partial charge < -0.3 is 9.47 Å². The highest BCUT2D eigenvalue weighted by Gasteiger charge is 2.17. The van der Waals surface area contributed by atoms with Crippen molar-refractivity contribution in [3.63, 3.8) is 0 Å². The molecule has 0 unspecified atom stereocenters. The number of hydrogen-bond acceptors (Lipinski definition) is 7. The van der Waals surface area contributed by atoms with Crippen LogP contribution in [0.2, 0.25) is 0 Å². The molecule has 0 bridgehead atoms. The molecule has 2 heterocycles. The smallest absolute Gasteiger partial charge is 0.231 e. The highest BCUT2D eigenvalue weighted by molar-refractivity contribution is 7.99. The van der Waals surface area contributed by atoms with Gasteiger partial charge in [-0.1, -0.05) is 48.2 Å². The maximum atomic E-state index is 11.2. The Morgan fingerprint density at radius 3 is 2.70 bits per heavy atom. The molecule has 0 amide bonds. The molecular weight excluding hydrogens is 424 g/mol. The maximum absolute atomic E-state index is 11.2. The highest BCUT2D eigenvalue weighted by Crippen LogP contribution is 2.33. The number of nitrogens with one attached hydrogen (secondary N) is 1. The Morgan fingerprint density at radius 2 is 1.90 bits per heavy atom. The summed E-state index contributed by atoms with van der Waals surface area (Å²) in [7, 11) is -3.17. The van der Waals surface area contributed by atoms with Gasteiger partial charge in [0.05, 0.1) is 12.8 Å². The monoisotopic (exact) mass is 446 g/mol. The van der Waals surface area contributed by atoms with E-state index in [-0.39, 0.29) is 6.79 Å². The van der Waals surface area contributed by atoms with Crippen LogP contribution in [0.4, 0.5) is 0 Å². The van der Waals surface area contributed by atoms with Gasteiger partial charge in [-0.3, -0.25) is 4.57 Å². The molecule has 0 atom stereocenters. The zero-order valence-corrected chi connectivity index (χ0v) is 18.1. The van der Waals surface area contributed by atoms with Gasteiger partial charge in [0, 0.05) is 17.9 Å². The first kappa shape index (κ1) is 20.7. The number of fused-ring (bicyclic) bond motifs is 1. The summed E-state index contributed by atoms with van der Waals surface area (Å²) in [5.41, 5.74) is 2.04. The lowest BCUT2D eigenvalue weighted by molar-refractivity contribution is 0.174. The Labute approximate surface area is 179 Å². The van der Waals surface area contributed by atoms with Gasteiger partial charge in [0.15, 0.2) is 22.5 Å². The van der Waals surface area contributed by atoms with E-state index in [9.17, 15) is 8.42 Å². The number of rotatable bonds is 9. The summed E-state index contributed by atoms with van der Waals surface area (Å²) in [5, 5.41) is 9.59. The normalized spacial score (nSPS) is 13.0. The Hall–Kier alpha value is -2.56. The SMILES string of the molecule is CS(=O)(=O)NCCCSc1nnc(-c2ccccc2)n1Cc1ccc2c(c1)OCO2. The molecule has 1 aliphatic rings. The first-order valence-corrected chi connectivity index (χ1v) is 12.3. The van der Waals surface area contributed by atoms with Gasteiger partial charge in [-0.15, -0.1) is 10.2 Å². The van der Waals surface area contributed by atoms with Crippen molar-refractivity contribution in [2.45, 2.75) is 18.1 Å². The van der Waals surface area contributed by atoms with Crippen molar-refractivity contribution in [3.05, 3.63) is 54.1 Å². The summed E-state index contributed by atoms with van der Waals surface area (Å²) in [5.74, 6) is 2.99. The molecule has 30 heavy (non-hydrogen) atoms. The van der Waals surface area contributed by atoms with Crippen LogP contribution in [0, 0.1) is 0 Å². The minimum Gasteiger partial charge on any atom is -0.454 e. The van der Waals surface area contributed by atoms with E-state index in [0.717, 1.165) is 45.6 Å². The lowest BCUT2D eigenvalue weighted by atomic mass is 10.2. The van der Waals surface area contributed by atoms with Crippen LogP contribution in [-0.2, 0) is 16.6 Å². The second kappa shape index (κ2) is 9.07. The molecule has 0 aliphatic carbocycles. The Morgan fingerprint density at radius 1 is 1.10 bits per heavy atom. The van der Waals surface area contributed by atoms with Crippen molar-refractivity contribution in [3.8, 4) is 22.9 Å². The summed E-state index contributed by atoms with van der Waals surface area (Å²) < 4.78 is 37.9. The van der Waals surface area contributed by atoms with E-state index in [1.165, 1.54) is 0 Å². The van der Waals surface area contributed by atoms with Crippen molar-refractivity contribution < 1.29 is 17.9 Å². The molecule has 3 aromatic rings. The van der Waals surface area contributed by atoms with E-state index in [1.807, 2.05) is 48.5 Å². The fraction of sp³-hybridized carbons (Fsp3) is 0.300. The van der Waals surface area contributed by atoms with Gasteiger partial charge in [-0.25, -0.2) is 13.1 Å². The minimum absolute atomic E-state index is 0.239. The van der Waals surface area contributed by atoms with Gasteiger partial charge in [0.25, 0.3) is 0 Å². The number of aromatic nitrogens is 3. The summed E-state index contributed by atoms with van der Waals surface area (Å²) >= 11 is 1.56. The van der Waals surface area contributed by atoms with Crippen LogP contribution in [0.15, 0.2) is 53.7 Å². The van der Waals surface area contributed by atoms with Gasteiger partial charge in [0.1, 0.15) is 0 Å². The number of thioether (sulfide) groups is 1. The van der Waals surface area contributed by atoms with Crippen molar-refractivity contribution in [1.29, 1.82) is 0 Å². The zero-order chi connectivity index (χ0) is 21.0. The number of hydrogen-bond donors (Lipinski definition) is 1. The summed E-state index contributed by atoms with van der Waals surface area (Å²) in [6.07, 6.45) is 1.85. The van der Waals surface area contributed by atoms with E-state index in [2.05, 4.69) is 19.5 Å². The summed E-state index contributed by atoms with van der Waals surface area (Å²) in [6, 6.07) is 15.8. The molecule has 0 saturated heterocycles. The summed E-state index contributed by atoms with van der Waals surface area (Å²) in [4.78, 5) is 0. The van der Waals surface area contributed by atoms with E-state index in [1.54, 1.807) is 11.8 Å². The molecule has 0 fully saturated rings. The van der Waals surface area contributed by atoms with Crippen LogP contribution in [0.1, 0.15) is 12.0 Å². The molecule has 4 rings (SSSR count). The van der Waals surface area contributed by atoms with Crippen LogP contribution < -0.4 is 14.2 Å². The first-order valence-electron chi connectivity index (χ1n) is 9.44. The second-order valence-corrected chi connectivity index (χ2v) is 9.71. The molecule has 158 valence electrons. The predicted octanol–water partition coefficient (Wildman–Crippen LogP) is 2.75. The van der Waals surface area contributed by atoms with Gasteiger partial charge in [0.2, 0.25) is 16.8 Å². The Balaban J connectivity index is 1.54. The average molecular weight is 447 g/mol. The minimum atomic E-state index is -3.17. The van der Waals surface area contributed by atoms with E-state index >= 15 is 0 Å². The molecule has 0 radical (unpaired) electrons. The fourth-order valence-electron chi connectivity index (χ4n) is 3.05. The van der Waals surface area contributed by atoms with Crippen molar-refractivity contribution in [1.82, 2.24) is 19.5 Å². The van der Waals surface area contributed by atoms with Crippen LogP contribution >= 0.6 is 11.8 Å². The van der Waals surface area contributed by atoms with E-state index in [0.29, 0.717) is 19.5 Å². The highest BCUT2D eigenvalue weighted by atomic mass is 32.2. The molecule has 1 aromatic heterocycles. The molecule has 1 N–H and O–H groups in total. The molecule has 10 heteroatoms. The maximum Gasteiger partial charge on any atom is 0.231 e. The van der Waals surface area contributed by atoms with Gasteiger partial charge in [-0.2, -0.15) is 0 Å². The van der Waals surface area contributed by atoms with Crippen molar-refractivity contribution in [2.75, 3.05) is 25.3 Å². The number of nitrogens with zero attached hydrogens (tertiary/aromatic N) is 3. The average Bonchev–Trinajstić information content (AvgIpc) is 3.34. The third-order valence-corrected chi connectivity index (χ3v) is 6.22. The third-order valence-electron chi connectivity index (χ3n) is 4.44. The predicted molar refractivity (Wildman–Crippen MR) is 115 cm³/mol. The molecule has 2 aromatic carbocycles. The van der Waals surface area contributed by atoms with E-state index in [4.69, 9.17) is 9.47 Å².